The van der Waals surface area contributed by atoms with Crippen LogP contribution in [0.2, 0.25) is 0 Å². The fourth-order valence-electron chi connectivity index (χ4n) is 1.86. The summed E-state index contributed by atoms with van der Waals surface area (Å²) in [5.74, 6) is 0. The van der Waals surface area contributed by atoms with Crippen LogP contribution in [-0.2, 0) is 13.0 Å². The molecule has 0 unspecified atom stereocenters. The van der Waals surface area contributed by atoms with Crippen molar-refractivity contribution in [2.45, 2.75) is 45.6 Å². The third kappa shape index (κ3) is 4.39. The van der Waals surface area contributed by atoms with Crippen LogP contribution in [0.15, 0.2) is 18.2 Å². The molecule has 1 aromatic carbocycles. The van der Waals surface area contributed by atoms with E-state index in [1.165, 1.54) is 40.4 Å². The van der Waals surface area contributed by atoms with E-state index in [1.807, 2.05) is 0 Å². The zero-order chi connectivity index (χ0) is 11.8. The summed E-state index contributed by atoms with van der Waals surface area (Å²) in [7, 11) is 0. The quantitative estimate of drug-likeness (QED) is 0.451. The molecule has 0 bridgehead atoms. The summed E-state index contributed by atoms with van der Waals surface area (Å²) in [6.45, 7) is 2.77. The van der Waals surface area contributed by atoms with Crippen LogP contribution in [0.1, 0.15) is 43.7 Å². The lowest BCUT2D eigenvalue weighted by atomic mass is 10.0. The molecular weight excluding hydrogens is 313 g/mol. The molecule has 0 amide bonds. The summed E-state index contributed by atoms with van der Waals surface area (Å²) in [5.41, 5.74) is 4.87. The Morgan fingerprint density at radius 3 is 2.75 bits per heavy atom. The fraction of sp³-hybridized carbons (Fsp3) is 0.538. The van der Waals surface area contributed by atoms with Crippen LogP contribution < -0.4 is 5.48 Å². The topological polar surface area (TPSA) is 32.3 Å². The predicted molar refractivity (Wildman–Crippen MR) is 75.6 cm³/mol. The predicted octanol–water partition coefficient (Wildman–Crippen LogP) is 3.89. The van der Waals surface area contributed by atoms with E-state index in [0.717, 1.165) is 6.42 Å². The van der Waals surface area contributed by atoms with Gasteiger partial charge in [0.05, 0.1) is 0 Å². The molecule has 0 aliphatic rings. The first-order valence-electron chi connectivity index (χ1n) is 5.92. The Morgan fingerprint density at radius 1 is 1.25 bits per heavy atom. The molecule has 16 heavy (non-hydrogen) atoms. The van der Waals surface area contributed by atoms with Gasteiger partial charge in [-0.15, -0.1) is 0 Å². The maximum Gasteiger partial charge on any atom is 0.0471 e. The number of hydrogen-bond acceptors (Lipinski definition) is 2. The molecule has 0 spiro atoms. The van der Waals surface area contributed by atoms with E-state index in [4.69, 9.17) is 5.21 Å². The van der Waals surface area contributed by atoms with Crippen molar-refractivity contribution >= 4 is 22.6 Å². The van der Waals surface area contributed by atoms with E-state index in [-0.39, 0.29) is 0 Å². The maximum atomic E-state index is 8.82. The number of unbranched alkanes of at least 4 members (excludes halogenated alkanes) is 3. The standard InChI is InChI=1S/C13H20INO/c1-2-3-4-5-7-11-8-6-9-13(14)12(11)10-15-16/h6,8-9,15-16H,2-5,7,10H2,1H3. The van der Waals surface area contributed by atoms with Gasteiger partial charge in [-0.2, -0.15) is 0 Å². The van der Waals surface area contributed by atoms with Gasteiger partial charge in [0.2, 0.25) is 0 Å². The van der Waals surface area contributed by atoms with Gasteiger partial charge < -0.3 is 5.21 Å². The van der Waals surface area contributed by atoms with Crippen molar-refractivity contribution < 1.29 is 5.21 Å². The third-order valence-electron chi connectivity index (χ3n) is 2.77. The number of hydroxylamine groups is 1. The lowest BCUT2D eigenvalue weighted by molar-refractivity contribution is 0.160. The summed E-state index contributed by atoms with van der Waals surface area (Å²) in [5, 5.41) is 8.82. The summed E-state index contributed by atoms with van der Waals surface area (Å²) in [6, 6.07) is 6.35. The van der Waals surface area contributed by atoms with Crippen LogP contribution in [0.3, 0.4) is 0 Å². The van der Waals surface area contributed by atoms with Gasteiger partial charge in [0.15, 0.2) is 0 Å². The van der Waals surface area contributed by atoms with Crippen molar-refractivity contribution in [3.8, 4) is 0 Å². The number of halogens is 1. The van der Waals surface area contributed by atoms with Crippen LogP contribution in [0.4, 0.5) is 0 Å². The lowest BCUT2D eigenvalue weighted by Gasteiger charge is -2.10. The summed E-state index contributed by atoms with van der Waals surface area (Å²) < 4.78 is 1.23. The Morgan fingerprint density at radius 2 is 2.06 bits per heavy atom. The molecule has 0 fully saturated rings. The minimum Gasteiger partial charge on any atom is -0.316 e. The Hall–Kier alpha value is -0.130. The number of aryl methyl sites for hydroxylation is 1. The van der Waals surface area contributed by atoms with E-state index in [1.54, 1.807) is 0 Å². The second-order valence-corrected chi connectivity index (χ2v) is 5.19. The monoisotopic (exact) mass is 333 g/mol. The zero-order valence-corrected chi connectivity index (χ0v) is 12.0. The molecule has 2 N–H and O–H groups in total. The van der Waals surface area contributed by atoms with Crippen LogP contribution in [-0.4, -0.2) is 5.21 Å². The molecule has 2 nitrogen and oxygen atoms in total. The van der Waals surface area contributed by atoms with Gasteiger partial charge in [0.1, 0.15) is 0 Å². The Balaban J connectivity index is 2.59. The van der Waals surface area contributed by atoms with Crippen molar-refractivity contribution in [2.75, 3.05) is 0 Å². The molecule has 0 atom stereocenters. The second-order valence-electron chi connectivity index (χ2n) is 4.02. The largest absolute Gasteiger partial charge is 0.316 e. The SMILES string of the molecule is CCCCCCc1cccc(I)c1CNO. The number of hydrogen-bond donors (Lipinski definition) is 2. The maximum absolute atomic E-state index is 8.82. The zero-order valence-electron chi connectivity index (χ0n) is 9.80. The van der Waals surface area contributed by atoms with Crippen LogP contribution >= 0.6 is 22.6 Å². The average molecular weight is 333 g/mol. The number of rotatable bonds is 7. The highest BCUT2D eigenvalue weighted by molar-refractivity contribution is 14.1. The van der Waals surface area contributed by atoms with Gasteiger partial charge in [0.25, 0.3) is 0 Å². The summed E-state index contributed by atoms with van der Waals surface area (Å²) in [4.78, 5) is 0. The Labute approximate surface area is 112 Å². The Bertz CT molecular complexity index is 315. The summed E-state index contributed by atoms with van der Waals surface area (Å²) >= 11 is 2.33. The molecule has 0 radical (unpaired) electrons. The molecule has 0 heterocycles. The van der Waals surface area contributed by atoms with Gasteiger partial charge in [-0.25, -0.2) is 5.48 Å². The van der Waals surface area contributed by atoms with E-state index in [0.29, 0.717) is 6.54 Å². The first-order valence-corrected chi connectivity index (χ1v) is 7.00. The minimum atomic E-state index is 0.544. The molecule has 0 aliphatic heterocycles. The highest BCUT2D eigenvalue weighted by atomic mass is 127. The van der Waals surface area contributed by atoms with E-state index in [2.05, 4.69) is 53.2 Å². The molecule has 3 heteroatoms. The van der Waals surface area contributed by atoms with Gasteiger partial charge in [0, 0.05) is 10.1 Å². The minimum absolute atomic E-state index is 0.544. The highest BCUT2D eigenvalue weighted by Gasteiger charge is 2.05. The molecule has 0 aromatic heterocycles. The van der Waals surface area contributed by atoms with Crippen LogP contribution in [0, 0.1) is 3.57 Å². The number of nitrogens with one attached hydrogen (secondary N) is 1. The van der Waals surface area contributed by atoms with E-state index >= 15 is 0 Å². The van der Waals surface area contributed by atoms with Gasteiger partial charge in [-0.05, 0) is 52.6 Å². The first kappa shape index (κ1) is 13.9. The third-order valence-corrected chi connectivity index (χ3v) is 3.78. The smallest absolute Gasteiger partial charge is 0.0471 e. The van der Waals surface area contributed by atoms with Gasteiger partial charge in [-0.3, -0.25) is 0 Å². The van der Waals surface area contributed by atoms with Crippen molar-refractivity contribution in [1.29, 1.82) is 0 Å². The molecule has 0 saturated heterocycles. The van der Waals surface area contributed by atoms with Gasteiger partial charge >= 0.3 is 0 Å². The molecule has 1 aromatic rings. The molecule has 1 rings (SSSR count). The van der Waals surface area contributed by atoms with E-state index in [9.17, 15) is 0 Å². The van der Waals surface area contributed by atoms with Crippen molar-refractivity contribution in [3.05, 3.63) is 32.9 Å². The summed E-state index contributed by atoms with van der Waals surface area (Å²) in [6.07, 6.45) is 6.25. The van der Waals surface area contributed by atoms with Crippen LogP contribution in [0.5, 0.6) is 0 Å². The lowest BCUT2D eigenvalue weighted by Crippen LogP contribution is -2.10. The van der Waals surface area contributed by atoms with Crippen LogP contribution in [0.25, 0.3) is 0 Å². The molecular formula is C13H20INO. The van der Waals surface area contributed by atoms with Crippen molar-refractivity contribution in [2.24, 2.45) is 0 Å². The van der Waals surface area contributed by atoms with E-state index < -0.39 is 0 Å². The molecule has 0 saturated carbocycles. The normalized spacial score (nSPS) is 10.7. The fourth-order valence-corrected chi connectivity index (χ4v) is 2.60. The van der Waals surface area contributed by atoms with Crippen molar-refractivity contribution in [3.63, 3.8) is 0 Å². The highest BCUT2D eigenvalue weighted by Crippen LogP contribution is 2.19. The van der Waals surface area contributed by atoms with Gasteiger partial charge in [-0.1, -0.05) is 38.3 Å². The first-order chi connectivity index (χ1) is 7.79. The average Bonchev–Trinajstić information content (AvgIpc) is 2.29. The van der Waals surface area contributed by atoms with Crippen molar-refractivity contribution in [1.82, 2.24) is 5.48 Å². The Kier molecular flexibility index (Phi) is 7.00. The molecule has 90 valence electrons. The second kappa shape index (κ2) is 8.03. The molecule has 0 aliphatic carbocycles. The number of benzene rings is 1.